The van der Waals surface area contributed by atoms with Gasteiger partial charge in [0.05, 0.1) is 7.11 Å². The van der Waals surface area contributed by atoms with Crippen molar-refractivity contribution in [2.75, 3.05) is 33.4 Å². The molecule has 11 nitrogen and oxygen atoms in total. The standard InChI is InChI=1S/C28H32N2O9/c1-4-23(5-2)30(26(34)14-29-28(36)37-3)15-27(35)39-17-25(33)22-12-8-20(9-13-22)19-6-10-21(11-7-19)24(32)16-38-18-31/h6-13,18,23H,4-5,14-17H2,1-3H3,(H,29,36). The molecule has 1 N–H and O–H groups in total. The number of Topliss-reactive ketones (excluding diaryl/α,β-unsaturated/α-hetero) is 2. The largest absolute Gasteiger partial charge is 0.459 e. The SMILES string of the molecule is CCC(CC)N(CC(=O)OCC(=O)c1ccc(-c2ccc(C(=O)COC=O)cc2)cc1)C(=O)CNC(=O)OC. The van der Waals surface area contributed by atoms with Crippen LogP contribution in [0.25, 0.3) is 11.1 Å². The van der Waals surface area contributed by atoms with Crippen molar-refractivity contribution in [2.24, 2.45) is 0 Å². The molecule has 2 aromatic rings. The van der Waals surface area contributed by atoms with Gasteiger partial charge in [-0.25, -0.2) is 4.79 Å². The van der Waals surface area contributed by atoms with Gasteiger partial charge >= 0.3 is 12.1 Å². The van der Waals surface area contributed by atoms with E-state index in [-0.39, 0.29) is 38.0 Å². The molecule has 39 heavy (non-hydrogen) atoms. The summed E-state index contributed by atoms with van der Waals surface area (Å²) < 4.78 is 14.1. The van der Waals surface area contributed by atoms with Crippen LogP contribution in [0.15, 0.2) is 48.5 Å². The second kappa shape index (κ2) is 15.7. The van der Waals surface area contributed by atoms with E-state index >= 15 is 0 Å². The van der Waals surface area contributed by atoms with Crippen molar-refractivity contribution in [1.29, 1.82) is 0 Å². The van der Waals surface area contributed by atoms with Crippen molar-refractivity contribution < 1.29 is 43.0 Å². The number of nitrogens with zero attached hydrogens (tertiary/aromatic N) is 1. The van der Waals surface area contributed by atoms with Gasteiger partial charge in [-0.3, -0.25) is 24.0 Å². The van der Waals surface area contributed by atoms with Crippen LogP contribution in [-0.2, 0) is 28.6 Å². The fourth-order valence-corrected chi connectivity index (χ4v) is 3.78. The highest BCUT2D eigenvalue weighted by Gasteiger charge is 2.25. The summed E-state index contributed by atoms with van der Waals surface area (Å²) >= 11 is 0. The molecule has 2 rings (SSSR count). The van der Waals surface area contributed by atoms with Crippen molar-refractivity contribution in [3.8, 4) is 11.1 Å². The predicted molar refractivity (Wildman–Crippen MR) is 140 cm³/mol. The maximum Gasteiger partial charge on any atom is 0.407 e. The highest BCUT2D eigenvalue weighted by Crippen LogP contribution is 2.21. The normalized spacial score (nSPS) is 10.4. The summed E-state index contributed by atoms with van der Waals surface area (Å²) in [5.74, 6) is -1.96. The Bertz CT molecular complexity index is 1160. The van der Waals surface area contributed by atoms with Gasteiger partial charge in [-0.05, 0) is 24.0 Å². The molecule has 0 bridgehead atoms. The number of methoxy groups -OCH3 is 1. The molecular weight excluding hydrogens is 508 g/mol. The average molecular weight is 541 g/mol. The monoisotopic (exact) mass is 540 g/mol. The molecule has 0 atom stereocenters. The first-order valence-electron chi connectivity index (χ1n) is 12.3. The molecule has 0 heterocycles. The minimum absolute atomic E-state index is 0.216. The predicted octanol–water partition coefficient (Wildman–Crippen LogP) is 2.81. The molecule has 0 aliphatic heterocycles. The number of ether oxygens (including phenoxy) is 3. The zero-order chi connectivity index (χ0) is 28.8. The van der Waals surface area contributed by atoms with Crippen LogP contribution < -0.4 is 5.32 Å². The number of hydrogen-bond acceptors (Lipinski definition) is 9. The smallest absolute Gasteiger partial charge is 0.407 e. The fraction of sp³-hybridized carbons (Fsp3) is 0.357. The molecule has 0 aliphatic carbocycles. The van der Waals surface area contributed by atoms with E-state index in [9.17, 15) is 28.8 Å². The lowest BCUT2D eigenvalue weighted by atomic mass is 10.0. The van der Waals surface area contributed by atoms with Crippen molar-refractivity contribution in [1.82, 2.24) is 10.2 Å². The van der Waals surface area contributed by atoms with Crippen LogP contribution in [0, 0.1) is 0 Å². The minimum atomic E-state index is -0.764. The zero-order valence-electron chi connectivity index (χ0n) is 22.1. The highest BCUT2D eigenvalue weighted by atomic mass is 16.5. The first kappa shape index (κ1) is 30.7. The van der Waals surface area contributed by atoms with Gasteiger partial charge in [0.15, 0.2) is 24.8 Å². The van der Waals surface area contributed by atoms with Gasteiger partial charge in [0.1, 0.15) is 13.1 Å². The molecule has 0 spiro atoms. The molecular formula is C28H32N2O9. The van der Waals surface area contributed by atoms with Gasteiger partial charge in [-0.15, -0.1) is 0 Å². The third kappa shape index (κ3) is 9.37. The van der Waals surface area contributed by atoms with Crippen LogP contribution in [-0.4, -0.2) is 80.4 Å². The first-order chi connectivity index (χ1) is 18.7. The van der Waals surface area contributed by atoms with Gasteiger partial charge in [0.25, 0.3) is 6.47 Å². The van der Waals surface area contributed by atoms with E-state index in [1.807, 2.05) is 13.8 Å². The van der Waals surface area contributed by atoms with E-state index < -0.39 is 30.4 Å². The third-order valence-electron chi connectivity index (χ3n) is 5.97. The van der Waals surface area contributed by atoms with Gasteiger partial charge in [-0.2, -0.15) is 0 Å². The molecule has 0 fully saturated rings. The molecule has 0 unspecified atom stereocenters. The maximum atomic E-state index is 12.6. The Labute approximate surface area is 226 Å². The number of alkyl carbamates (subject to hydrolysis) is 1. The number of carbonyl (C=O) groups excluding carboxylic acids is 6. The summed E-state index contributed by atoms with van der Waals surface area (Å²) in [6, 6.07) is 13.1. The Kier molecular flexibility index (Phi) is 12.3. The Morgan fingerprint density at radius 3 is 1.82 bits per heavy atom. The molecule has 0 aromatic heterocycles. The number of amides is 2. The second-order valence-electron chi connectivity index (χ2n) is 8.41. The van der Waals surface area contributed by atoms with E-state index in [1.54, 1.807) is 48.5 Å². The number of nitrogens with one attached hydrogen (secondary N) is 1. The fourth-order valence-electron chi connectivity index (χ4n) is 3.78. The molecule has 208 valence electrons. The number of benzene rings is 2. The van der Waals surface area contributed by atoms with Gasteiger partial charge in [0, 0.05) is 17.2 Å². The average Bonchev–Trinajstić information content (AvgIpc) is 2.97. The van der Waals surface area contributed by atoms with E-state index in [2.05, 4.69) is 14.8 Å². The van der Waals surface area contributed by atoms with Crippen LogP contribution >= 0.6 is 0 Å². The van der Waals surface area contributed by atoms with Crippen LogP contribution in [0.1, 0.15) is 47.4 Å². The number of carbonyl (C=O) groups is 6. The topological polar surface area (TPSA) is 145 Å². The van der Waals surface area contributed by atoms with Crippen molar-refractivity contribution in [3.05, 3.63) is 59.7 Å². The first-order valence-corrected chi connectivity index (χ1v) is 12.3. The maximum absolute atomic E-state index is 12.6. The quantitative estimate of drug-likeness (QED) is 0.156. The number of hydrogen-bond donors (Lipinski definition) is 1. The molecule has 0 aliphatic rings. The lowest BCUT2D eigenvalue weighted by Gasteiger charge is -2.29. The van der Waals surface area contributed by atoms with E-state index in [0.29, 0.717) is 24.0 Å². The van der Waals surface area contributed by atoms with E-state index in [1.165, 1.54) is 12.0 Å². The molecule has 0 radical (unpaired) electrons. The molecule has 0 saturated heterocycles. The summed E-state index contributed by atoms with van der Waals surface area (Å²) in [6.07, 6.45) is 0.416. The Morgan fingerprint density at radius 2 is 1.36 bits per heavy atom. The van der Waals surface area contributed by atoms with Gasteiger partial charge < -0.3 is 24.4 Å². The molecule has 2 amide bonds. The van der Waals surface area contributed by atoms with Gasteiger partial charge in [0.2, 0.25) is 5.91 Å². The minimum Gasteiger partial charge on any atom is -0.459 e. The van der Waals surface area contributed by atoms with Crippen molar-refractivity contribution in [3.63, 3.8) is 0 Å². The number of rotatable bonds is 15. The summed E-state index contributed by atoms with van der Waals surface area (Å²) in [4.78, 5) is 72.4. The molecule has 2 aromatic carbocycles. The summed E-state index contributed by atoms with van der Waals surface area (Å²) in [6.45, 7) is 2.44. The number of ketones is 2. The van der Waals surface area contributed by atoms with Crippen molar-refractivity contribution >= 4 is 36.0 Å². The van der Waals surface area contributed by atoms with E-state index in [0.717, 1.165) is 11.1 Å². The number of esters is 1. The lowest BCUT2D eigenvalue weighted by molar-refractivity contribution is -0.149. The Balaban J connectivity index is 1.96. The summed E-state index contributed by atoms with van der Waals surface area (Å²) in [5.41, 5.74) is 2.34. The van der Waals surface area contributed by atoms with Gasteiger partial charge in [-0.1, -0.05) is 62.4 Å². The highest BCUT2D eigenvalue weighted by molar-refractivity contribution is 5.99. The van der Waals surface area contributed by atoms with Crippen LogP contribution in [0.4, 0.5) is 4.79 Å². The van der Waals surface area contributed by atoms with Crippen molar-refractivity contribution in [2.45, 2.75) is 32.7 Å². The van der Waals surface area contributed by atoms with E-state index in [4.69, 9.17) is 4.74 Å². The third-order valence-corrected chi connectivity index (χ3v) is 5.97. The lowest BCUT2D eigenvalue weighted by Crippen LogP contribution is -2.48. The second-order valence-corrected chi connectivity index (χ2v) is 8.41. The Morgan fingerprint density at radius 1 is 0.846 bits per heavy atom. The van der Waals surface area contributed by atoms with Crippen LogP contribution in [0.5, 0.6) is 0 Å². The summed E-state index contributed by atoms with van der Waals surface area (Å²) in [7, 11) is 1.18. The Hall–Kier alpha value is -4.54. The van der Waals surface area contributed by atoms with Crippen LogP contribution in [0.3, 0.4) is 0 Å². The summed E-state index contributed by atoms with van der Waals surface area (Å²) in [5, 5.41) is 2.30. The molecule has 11 heteroatoms. The molecule has 0 saturated carbocycles. The van der Waals surface area contributed by atoms with Crippen LogP contribution in [0.2, 0.25) is 0 Å². The zero-order valence-corrected chi connectivity index (χ0v) is 22.1.